The Bertz CT molecular complexity index is 287. The number of carbonyl (C=O) groups excluding carboxylic acids is 1. The summed E-state index contributed by atoms with van der Waals surface area (Å²) < 4.78 is 0. The third-order valence-electron chi connectivity index (χ3n) is 2.43. The molecule has 1 amide bonds. The summed E-state index contributed by atoms with van der Waals surface area (Å²) in [6.45, 7) is 3.75. The molecule has 0 spiro atoms. The average Bonchev–Trinajstić information content (AvgIpc) is 2.24. The van der Waals surface area contributed by atoms with E-state index in [0.29, 0.717) is 12.8 Å². The average molecular weight is 207 g/mol. The Labute approximate surface area is 91.1 Å². The van der Waals surface area contributed by atoms with E-state index >= 15 is 0 Å². The molecule has 0 N–H and O–H groups in total. The Morgan fingerprint density at radius 2 is 2.07 bits per heavy atom. The van der Waals surface area contributed by atoms with Gasteiger partial charge >= 0.3 is 0 Å². The predicted octanol–water partition coefficient (Wildman–Crippen LogP) is 1.69. The molecule has 0 aliphatic heterocycles. The van der Waals surface area contributed by atoms with Gasteiger partial charge in [0.1, 0.15) is 5.92 Å². The second-order valence-corrected chi connectivity index (χ2v) is 3.63. The van der Waals surface area contributed by atoms with Crippen molar-refractivity contribution in [3.8, 4) is 12.1 Å². The highest BCUT2D eigenvalue weighted by Crippen LogP contribution is 2.11. The zero-order chi connectivity index (χ0) is 11.8. The number of hydrogen-bond acceptors (Lipinski definition) is 3. The fourth-order valence-corrected chi connectivity index (χ4v) is 1.26. The summed E-state index contributed by atoms with van der Waals surface area (Å²) in [7, 11) is 1.64. The molecule has 0 aromatic heterocycles. The van der Waals surface area contributed by atoms with E-state index in [9.17, 15) is 4.79 Å². The minimum Gasteiger partial charge on any atom is -0.341 e. The lowest BCUT2D eigenvalue weighted by Crippen LogP contribution is -2.38. The first-order valence-electron chi connectivity index (χ1n) is 5.11. The van der Waals surface area contributed by atoms with Crippen molar-refractivity contribution in [3.63, 3.8) is 0 Å². The van der Waals surface area contributed by atoms with Gasteiger partial charge in [-0.15, -0.1) is 0 Å². The van der Waals surface area contributed by atoms with Gasteiger partial charge in [-0.3, -0.25) is 4.79 Å². The lowest BCUT2D eigenvalue weighted by atomic mass is 10.0. The van der Waals surface area contributed by atoms with Crippen molar-refractivity contribution >= 4 is 5.91 Å². The molecule has 82 valence electrons. The van der Waals surface area contributed by atoms with Crippen molar-refractivity contribution in [1.82, 2.24) is 4.90 Å². The first kappa shape index (κ1) is 13.4. The number of amides is 1. The van der Waals surface area contributed by atoms with Crippen molar-refractivity contribution in [2.75, 3.05) is 7.05 Å². The monoisotopic (exact) mass is 207 g/mol. The highest BCUT2D eigenvalue weighted by atomic mass is 16.2. The van der Waals surface area contributed by atoms with Gasteiger partial charge < -0.3 is 4.90 Å². The SMILES string of the molecule is CCCC(C#N)C(=O)N(C)C(C)CC#N. The van der Waals surface area contributed by atoms with Crippen molar-refractivity contribution in [1.29, 1.82) is 10.5 Å². The van der Waals surface area contributed by atoms with Gasteiger partial charge in [-0.25, -0.2) is 0 Å². The van der Waals surface area contributed by atoms with E-state index in [2.05, 4.69) is 0 Å². The lowest BCUT2D eigenvalue weighted by Gasteiger charge is -2.24. The topological polar surface area (TPSA) is 67.9 Å². The summed E-state index contributed by atoms with van der Waals surface area (Å²) >= 11 is 0. The fourth-order valence-electron chi connectivity index (χ4n) is 1.26. The fraction of sp³-hybridized carbons (Fsp3) is 0.727. The third kappa shape index (κ3) is 3.99. The Morgan fingerprint density at radius 1 is 1.47 bits per heavy atom. The van der Waals surface area contributed by atoms with E-state index in [1.807, 2.05) is 26.0 Å². The summed E-state index contributed by atoms with van der Waals surface area (Å²) in [5, 5.41) is 17.3. The molecule has 2 unspecified atom stereocenters. The third-order valence-corrected chi connectivity index (χ3v) is 2.43. The second-order valence-electron chi connectivity index (χ2n) is 3.63. The summed E-state index contributed by atoms with van der Waals surface area (Å²) in [6, 6.07) is 3.89. The first-order chi connectivity index (χ1) is 7.08. The Hall–Kier alpha value is -1.55. The van der Waals surface area contributed by atoms with Crippen LogP contribution in [0.5, 0.6) is 0 Å². The lowest BCUT2D eigenvalue weighted by molar-refractivity contribution is -0.134. The molecule has 0 heterocycles. The van der Waals surface area contributed by atoms with E-state index in [0.717, 1.165) is 6.42 Å². The van der Waals surface area contributed by atoms with Crippen LogP contribution in [0.15, 0.2) is 0 Å². The molecular weight excluding hydrogens is 190 g/mol. The molecule has 4 heteroatoms. The molecule has 0 fully saturated rings. The quantitative estimate of drug-likeness (QED) is 0.688. The van der Waals surface area contributed by atoms with Gasteiger partial charge in [0.05, 0.1) is 18.6 Å². The van der Waals surface area contributed by atoms with Gasteiger partial charge in [-0.2, -0.15) is 10.5 Å². The highest BCUT2D eigenvalue weighted by Gasteiger charge is 2.23. The molecule has 15 heavy (non-hydrogen) atoms. The van der Waals surface area contributed by atoms with Crippen LogP contribution >= 0.6 is 0 Å². The van der Waals surface area contributed by atoms with Crippen LogP contribution in [-0.4, -0.2) is 23.9 Å². The van der Waals surface area contributed by atoms with Crippen molar-refractivity contribution in [2.24, 2.45) is 5.92 Å². The number of hydrogen-bond donors (Lipinski definition) is 0. The van der Waals surface area contributed by atoms with E-state index in [-0.39, 0.29) is 11.9 Å². The van der Waals surface area contributed by atoms with Crippen LogP contribution in [-0.2, 0) is 4.79 Å². The maximum absolute atomic E-state index is 11.8. The zero-order valence-electron chi connectivity index (χ0n) is 9.53. The zero-order valence-corrected chi connectivity index (χ0v) is 9.53. The van der Waals surface area contributed by atoms with Crippen LogP contribution in [0.4, 0.5) is 0 Å². The van der Waals surface area contributed by atoms with Crippen molar-refractivity contribution in [3.05, 3.63) is 0 Å². The van der Waals surface area contributed by atoms with Crippen LogP contribution < -0.4 is 0 Å². The molecule has 0 aliphatic rings. The van der Waals surface area contributed by atoms with Crippen LogP contribution in [0, 0.1) is 28.6 Å². The standard InChI is InChI=1S/C11H17N3O/c1-4-5-10(8-13)11(15)14(3)9(2)6-7-12/h9-10H,4-6H2,1-3H3. The molecule has 0 bridgehead atoms. The molecule has 0 aromatic rings. The van der Waals surface area contributed by atoms with Crippen molar-refractivity contribution < 1.29 is 4.79 Å². The highest BCUT2D eigenvalue weighted by molar-refractivity contribution is 5.81. The van der Waals surface area contributed by atoms with Crippen LogP contribution in [0.25, 0.3) is 0 Å². The van der Waals surface area contributed by atoms with Gasteiger partial charge in [0.15, 0.2) is 0 Å². The van der Waals surface area contributed by atoms with Crippen molar-refractivity contribution in [2.45, 2.75) is 39.2 Å². The van der Waals surface area contributed by atoms with E-state index in [1.165, 1.54) is 4.90 Å². The number of carbonyl (C=O) groups is 1. The molecule has 0 saturated heterocycles. The van der Waals surface area contributed by atoms with Crippen LogP contribution in [0.2, 0.25) is 0 Å². The van der Waals surface area contributed by atoms with Gasteiger partial charge in [0.25, 0.3) is 0 Å². The van der Waals surface area contributed by atoms with Crippen LogP contribution in [0.3, 0.4) is 0 Å². The molecule has 0 radical (unpaired) electrons. The molecule has 4 nitrogen and oxygen atoms in total. The molecule has 0 rings (SSSR count). The summed E-state index contributed by atoms with van der Waals surface area (Å²) in [4.78, 5) is 13.3. The summed E-state index contributed by atoms with van der Waals surface area (Å²) in [5.74, 6) is -0.747. The van der Waals surface area contributed by atoms with Crippen LogP contribution in [0.1, 0.15) is 33.1 Å². The normalized spacial score (nSPS) is 13.4. The predicted molar refractivity (Wildman–Crippen MR) is 56.5 cm³/mol. The van der Waals surface area contributed by atoms with E-state index in [1.54, 1.807) is 7.05 Å². The van der Waals surface area contributed by atoms with Gasteiger partial charge in [0.2, 0.25) is 5.91 Å². The Morgan fingerprint density at radius 3 is 2.47 bits per heavy atom. The summed E-state index contributed by atoms with van der Waals surface area (Å²) in [5.41, 5.74) is 0. The number of nitriles is 2. The molecule has 0 saturated carbocycles. The van der Waals surface area contributed by atoms with E-state index in [4.69, 9.17) is 10.5 Å². The maximum Gasteiger partial charge on any atom is 0.239 e. The second kappa shape index (κ2) is 6.84. The minimum absolute atomic E-state index is 0.129. The van der Waals surface area contributed by atoms with Gasteiger partial charge in [-0.05, 0) is 13.3 Å². The van der Waals surface area contributed by atoms with Gasteiger partial charge in [-0.1, -0.05) is 13.3 Å². The first-order valence-corrected chi connectivity index (χ1v) is 5.11. The number of nitrogens with zero attached hydrogens (tertiary/aromatic N) is 3. The largest absolute Gasteiger partial charge is 0.341 e. The Kier molecular flexibility index (Phi) is 6.13. The minimum atomic E-state index is -0.568. The molecule has 0 aromatic carbocycles. The molecular formula is C11H17N3O. The summed E-state index contributed by atoms with van der Waals surface area (Å²) in [6.07, 6.45) is 1.69. The maximum atomic E-state index is 11.8. The number of rotatable bonds is 5. The van der Waals surface area contributed by atoms with E-state index < -0.39 is 5.92 Å². The Balaban J connectivity index is 4.43. The smallest absolute Gasteiger partial charge is 0.239 e. The molecule has 2 atom stereocenters. The van der Waals surface area contributed by atoms with Gasteiger partial charge in [0, 0.05) is 13.1 Å². The molecule has 0 aliphatic carbocycles.